The van der Waals surface area contributed by atoms with Crippen molar-refractivity contribution in [3.05, 3.63) is 30.3 Å². The van der Waals surface area contributed by atoms with Gasteiger partial charge in [-0.1, -0.05) is 18.2 Å². The highest BCUT2D eigenvalue weighted by atomic mass is 31.2. The van der Waals surface area contributed by atoms with E-state index in [4.69, 9.17) is 14.5 Å². The first-order valence-electron chi connectivity index (χ1n) is 3.75. The molecule has 0 aromatic heterocycles. The Kier molecular flexibility index (Phi) is 4.49. The van der Waals surface area contributed by atoms with E-state index >= 15 is 0 Å². The van der Waals surface area contributed by atoms with Crippen LogP contribution in [0.25, 0.3) is 0 Å². The van der Waals surface area contributed by atoms with Gasteiger partial charge in [0.2, 0.25) is 0 Å². The molecule has 0 aliphatic heterocycles. The van der Waals surface area contributed by atoms with Crippen LogP contribution in [0.2, 0.25) is 0 Å². The number of hydrogen-bond donors (Lipinski definition) is 2. The molecule has 0 radical (unpaired) electrons. The summed E-state index contributed by atoms with van der Waals surface area (Å²) in [5.74, 6) is -0.284. The van der Waals surface area contributed by atoms with Gasteiger partial charge >= 0.3 is 14.6 Å². The summed E-state index contributed by atoms with van der Waals surface area (Å²) in [4.78, 5) is 27.7. The van der Waals surface area contributed by atoms with Crippen LogP contribution in [0, 0.1) is 0 Å². The molecule has 0 fully saturated rings. The number of benzene rings is 1. The van der Waals surface area contributed by atoms with E-state index < -0.39 is 21.2 Å². The van der Waals surface area contributed by atoms with Gasteiger partial charge in [0.15, 0.2) is 6.61 Å². The van der Waals surface area contributed by atoms with Gasteiger partial charge in [-0.25, -0.2) is 4.79 Å². The topological polar surface area (TPSA) is 76.0 Å². The predicted octanol–water partition coefficient (Wildman–Crippen LogP) is 0.820. The molecule has 5 nitrogen and oxygen atoms in total. The fourth-order valence-electron chi connectivity index (χ4n) is 0.760. The van der Waals surface area contributed by atoms with Crippen molar-refractivity contribution in [2.24, 2.45) is 0 Å². The van der Waals surface area contributed by atoms with Gasteiger partial charge < -0.3 is 19.0 Å². The van der Waals surface area contributed by atoms with Gasteiger partial charge in [-0.3, -0.25) is 0 Å². The van der Waals surface area contributed by atoms with E-state index in [-0.39, 0.29) is 0 Å². The standard InChI is InChI=1S/C8H9O5P/c9-8(6-12-14(10)11)13-7-4-2-1-3-5-7/h1-5,10-11H,6H2. The third kappa shape index (κ3) is 4.30. The summed E-state index contributed by atoms with van der Waals surface area (Å²) in [7, 11) is -2.51. The molecule has 0 saturated carbocycles. The zero-order valence-electron chi connectivity index (χ0n) is 7.16. The van der Waals surface area contributed by atoms with Gasteiger partial charge in [0.1, 0.15) is 5.75 Å². The molecule has 0 spiro atoms. The minimum absolute atomic E-state index is 0.390. The van der Waals surface area contributed by atoms with Crippen molar-refractivity contribution in [1.29, 1.82) is 0 Å². The lowest BCUT2D eigenvalue weighted by atomic mass is 10.3. The van der Waals surface area contributed by atoms with Crippen LogP contribution < -0.4 is 4.74 Å². The van der Waals surface area contributed by atoms with Gasteiger partial charge in [-0.05, 0) is 12.1 Å². The molecule has 6 heteroatoms. The molecule has 1 aromatic rings. The van der Waals surface area contributed by atoms with Crippen LogP contribution in [-0.2, 0) is 9.32 Å². The second-order valence-corrected chi connectivity index (χ2v) is 3.08. The molecule has 1 rings (SSSR count). The molecular weight excluding hydrogens is 207 g/mol. The Morgan fingerprint density at radius 1 is 1.29 bits per heavy atom. The summed E-state index contributed by atoms with van der Waals surface area (Å²) in [6, 6.07) is 8.44. The molecule has 1 aromatic carbocycles. The predicted molar refractivity (Wildman–Crippen MR) is 49.4 cm³/mol. The van der Waals surface area contributed by atoms with Gasteiger partial charge in [-0.15, -0.1) is 0 Å². The van der Waals surface area contributed by atoms with Crippen LogP contribution in [0.4, 0.5) is 0 Å². The first-order chi connectivity index (χ1) is 6.68. The van der Waals surface area contributed by atoms with Crippen LogP contribution in [0.1, 0.15) is 0 Å². The molecule has 0 bridgehead atoms. The van der Waals surface area contributed by atoms with Crippen molar-refractivity contribution in [3.8, 4) is 5.75 Å². The Morgan fingerprint density at radius 3 is 2.50 bits per heavy atom. The number of rotatable bonds is 4. The zero-order valence-corrected chi connectivity index (χ0v) is 8.05. The molecule has 0 unspecified atom stereocenters. The molecule has 0 aliphatic carbocycles. The van der Waals surface area contributed by atoms with E-state index in [1.165, 1.54) is 0 Å². The minimum Gasteiger partial charge on any atom is -0.425 e. The third-order valence-corrected chi connectivity index (χ3v) is 1.63. The Morgan fingerprint density at radius 2 is 1.93 bits per heavy atom. The quantitative estimate of drug-likeness (QED) is 0.442. The first kappa shape index (κ1) is 11.1. The summed E-state index contributed by atoms with van der Waals surface area (Å²) >= 11 is 0. The lowest BCUT2D eigenvalue weighted by Gasteiger charge is -2.04. The Hall–Kier alpha value is -1.00. The van der Waals surface area contributed by atoms with Crippen LogP contribution in [0.3, 0.4) is 0 Å². The monoisotopic (exact) mass is 216 g/mol. The summed E-state index contributed by atoms with van der Waals surface area (Å²) in [5, 5.41) is 0. The van der Waals surface area contributed by atoms with Crippen molar-refractivity contribution in [2.45, 2.75) is 0 Å². The average molecular weight is 216 g/mol. The van der Waals surface area contributed by atoms with Crippen molar-refractivity contribution in [2.75, 3.05) is 6.61 Å². The van der Waals surface area contributed by atoms with Crippen molar-refractivity contribution in [3.63, 3.8) is 0 Å². The van der Waals surface area contributed by atoms with Crippen LogP contribution >= 0.6 is 8.60 Å². The van der Waals surface area contributed by atoms with Crippen molar-refractivity contribution >= 4 is 14.6 Å². The van der Waals surface area contributed by atoms with E-state index in [2.05, 4.69) is 4.52 Å². The SMILES string of the molecule is O=C(COP(O)O)Oc1ccccc1. The molecule has 76 valence electrons. The van der Waals surface area contributed by atoms with Crippen molar-refractivity contribution in [1.82, 2.24) is 0 Å². The normalized spacial score (nSPS) is 10.2. The molecule has 0 atom stereocenters. The number of carbonyl (C=O) groups is 1. The third-order valence-electron chi connectivity index (χ3n) is 1.27. The van der Waals surface area contributed by atoms with Gasteiger partial charge in [-0.2, -0.15) is 0 Å². The van der Waals surface area contributed by atoms with Gasteiger partial charge in [0.25, 0.3) is 0 Å². The van der Waals surface area contributed by atoms with E-state index in [0.717, 1.165) is 0 Å². The maximum atomic E-state index is 11.0. The fraction of sp³-hybridized carbons (Fsp3) is 0.125. The molecular formula is C8H9O5P. The van der Waals surface area contributed by atoms with E-state index in [0.29, 0.717) is 5.75 Å². The fourth-order valence-corrected chi connectivity index (χ4v) is 0.981. The van der Waals surface area contributed by atoms with E-state index in [9.17, 15) is 4.79 Å². The number of esters is 1. The molecule has 0 aliphatic rings. The Bertz CT molecular complexity index is 287. The summed E-state index contributed by atoms with van der Waals surface area (Å²) in [6.07, 6.45) is 0. The zero-order chi connectivity index (χ0) is 10.4. The number of hydrogen-bond acceptors (Lipinski definition) is 5. The van der Waals surface area contributed by atoms with Crippen LogP contribution in [-0.4, -0.2) is 22.4 Å². The molecule has 0 amide bonds. The van der Waals surface area contributed by atoms with E-state index in [1.807, 2.05) is 0 Å². The molecule has 0 heterocycles. The highest BCUT2D eigenvalue weighted by Crippen LogP contribution is 2.23. The van der Waals surface area contributed by atoms with E-state index in [1.54, 1.807) is 30.3 Å². The summed E-state index contributed by atoms with van der Waals surface area (Å²) in [6.45, 7) is -0.479. The van der Waals surface area contributed by atoms with Gasteiger partial charge in [0.05, 0.1) is 0 Å². The van der Waals surface area contributed by atoms with Crippen LogP contribution in [0.5, 0.6) is 5.75 Å². The maximum Gasteiger partial charge on any atom is 0.338 e. The number of ether oxygens (including phenoxy) is 1. The van der Waals surface area contributed by atoms with Crippen LogP contribution in [0.15, 0.2) is 30.3 Å². The number of para-hydroxylation sites is 1. The largest absolute Gasteiger partial charge is 0.425 e. The smallest absolute Gasteiger partial charge is 0.338 e. The minimum atomic E-state index is -2.51. The summed E-state index contributed by atoms with van der Waals surface area (Å²) < 4.78 is 9.07. The Labute approximate surface area is 81.9 Å². The maximum absolute atomic E-state index is 11.0. The average Bonchev–Trinajstić information content (AvgIpc) is 2.16. The summed E-state index contributed by atoms with van der Waals surface area (Å²) in [5.41, 5.74) is 0. The lowest BCUT2D eigenvalue weighted by Crippen LogP contribution is -2.13. The lowest BCUT2D eigenvalue weighted by molar-refractivity contribution is -0.136. The number of carbonyl (C=O) groups excluding carboxylic acids is 1. The molecule has 2 N–H and O–H groups in total. The molecule has 14 heavy (non-hydrogen) atoms. The highest BCUT2D eigenvalue weighted by Gasteiger charge is 2.07. The second-order valence-electron chi connectivity index (χ2n) is 2.31. The molecule has 0 saturated heterocycles. The first-order valence-corrected chi connectivity index (χ1v) is 4.91. The highest BCUT2D eigenvalue weighted by molar-refractivity contribution is 7.39. The van der Waals surface area contributed by atoms with Crippen molar-refractivity contribution < 1.29 is 23.8 Å². The van der Waals surface area contributed by atoms with Gasteiger partial charge in [0, 0.05) is 0 Å². The Balaban J connectivity index is 2.35. The second kappa shape index (κ2) is 5.67.